The van der Waals surface area contributed by atoms with Crippen LogP contribution in [0.15, 0.2) is 83.5 Å². The van der Waals surface area contributed by atoms with Gasteiger partial charge in [-0.05, 0) is 65.4 Å². The average molecular weight is 456 g/mol. The van der Waals surface area contributed by atoms with Gasteiger partial charge in [0.15, 0.2) is 5.70 Å². The smallest absolute Gasteiger partial charge is 0.363 e. The maximum Gasteiger partial charge on any atom is 0.363 e. The number of rotatable bonds is 10. The van der Waals surface area contributed by atoms with Crippen molar-refractivity contribution in [3.8, 4) is 11.1 Å². The Hall–Kier alpha value is -3.53. The van der Waals surface area contributed by atoms with Crippen LogP contribution in [0, 0.1) is 5.82 Å². The lowest BCUT2D eigenvalue weighted by atomic mass is 10.00. The largest absolute Gasteiger partial charge is 0.402 e. The maximum absolute atomic E-state index is 13.4. The summed E-state index contributed by atoms with van der Waals surface area (Å²) in [6, 6.07) is 22.6. The zero-order valence-corrected chi connectivity index (χ0v) is 19.6. The summed E-state index contributed by atoms with van der Waals surface area (Å²) in [5.74, 6) is -0.645. The molecule has 0 N–H and O–H groups in total. The van der Waals surface area contributed by atoms with Crippen molar-refractivity contribution in [3.05, 3.63) is 101 Å². The summed E-state index contributed by atoms with van der Waals surface area (Å²) in [6.07, 6.45) is 10.5. The zero-order valence-electron chi connectivity index (χ0n) is 19.6. The van der Waals surface area contributed by atoms with Gasteiger partial charge in [0.05, 0.1) is 0 Å². The number of cyclic esters (lactones) is 1. The number of carbonyl (C=O) groups is 1. The number of esters is 1. The fourth-order valence-corrected chi connectivity index (χ4v) is 4.07. The van der Waals surface area contributed by atoms with Crippen molar-refractivity contribution in [1.82, 2.24) is 0 Å². The van der Waals surface area contributed by atoms with Gasteiger partial charge in [-0.2, -0.15) is 0 Å². The second-order valence-electron chi connectivity index (χ2n) is 8.68. The molecule has 0 radical (unpaired) electrons. The van der Waals surface area contributed by atoms with Crippen LogP contribution >= 0.6 is 0 Å². The first-order valence-electron chi connectivity index (χ1n) is 12.1. The van der Waals surface area contributed by atoms with E-state index >= 15 is 0 Å². The van der Waals surface area contributed by atoms with E-state index in [4.69, 9.17) is 4.74 Å². The van der Waals surface area contributed by atoms with Gasteiger partial charge in [0.25, 0.3) is 0 Å². The predicted molar refractivity (Wildman–Crippen MR) is 136 cm³/mol. The number of unbranched alkanes of at least 4 members (excludes halogenated alkanes) is 5. The highest BCUT2D eigenvalue weighted by Crippen LogP contribution is 2.24. The fraction of sp³-hybridized carbons (Fsp3) is 0.267. The van der Waals surface area contributed by atoms with E-state index in [1.165, 1.54) is 62.3 Å². The number of ether oxygens (including phenoxy) is 1. The predicted octanol–water partition coefficient (Wildman–Crippen LogP) is 7.74. The van der Waals surface area contributed by atoms with E-state index in [1.54, 1.807) is 12.1 Å². The molecule has 1 aliphatic rings. The lowest BCUT2D eigenvalue weighted by Gasteiger charge is -2.06. The van der Waals surface area contributed by atoms with Crippen LogP contribution in [-0.4, -0.2) is 11.9 Å². The van der Waals surface area contributed by atoms with E-state index in [0.29, 0.717) is 5.56 Å². The van der Waals surface area contributed by atoms with E-state index < -0.39 is 5.97 Å². The van der Waals surface area contributed by atoms with Crippen LogP contribution < -0.4 is 0 Å². The summed E-state index contributed by atoms with van der Waals surface area (Å²) in [7, 11) is 0. The first-order chi connectivity index (χ1) is 16.6. The Bertz CT molecular complexity index is 1180. The van der Waals surface area contributed by atoms with Crippen LogP contribution in [0.2, 0.25) is 0 Å². The Balaban J connectivity index is 1.38. The van der Waals surface area contributed by atoms with Crippen molar-refractivity contribution < 1.29 is 13.9 Å². The third-order valence-electron chi connectivity index (χ3n) is 6.01. The van der Waals surface area contributed by atoms with Crippen molar-refractivity contribution in [1.29, 1.82) is 0 Å². The van der Waals surface area contributed by atoms with Crippen LogP contribution in [0.3, 0.4) is 0 Å². The molecular weight excluding hydrogens is 425 g/mol. The molecule has 0 aromatic heterocycles. The van der Waals surface area contributed by atoms with Gasteiger partial charge in [0, 0.05) is 5.56 Å². The topological polar surface area (TPSA) is 38.7 Å². The normalized spacial score (nSPS) is 14.4. The summed E-state index contributed by atoms with van der Waals surface area (Å²) in [4.78, 5) is 16.5. The molecule has 1 heterocycles. The quantitative estimate of drug-likeness (QED) is 0.178. The molecular formula is C30H30FNO2. The summed E-state index contributed by atoms with van der Waals surface area (Å²) < 4.78 is 18.7. The molecule has 0 saturated heterocycles. The third kappa shape index (κ3) is 6.28. The maximum atomic E-state index is 13.4. The van der Waals surface area contributed by atoms with E-state index in [0.717, 1.165) is 23.1 Å². The van der Waals surface area contributed by atoms with Crippen molar-refractivity contribution in [2.24, 2.45) is 4.99 Å². The number of nitrogens with zero attached hydrogens (tertiary/aromatic N) is 1. The molecule has 4 rings (SSSR count). The molecule has 0 unspecified atom stereocenters. The van der Waals surface area contributed by atoms with Gasteiger partial charge in [-0.25, -0.2) is 14.2 Å². The molecule has 3 aromatic rings. The molecule has 0 aliphatic carbocycles. The third-order valence-corrected chi connectivity index (χ3v) is 6.01. The molecule has 3 nitrogen and oxygen atoms in total. The average Bonchev–Trinajstić information content (AvgIpc) is 3.22. The van der Waals surface area contributed by atoms with Crippen LogP contribution in [0.5, 0.6) is 0 Å². The summed E-state index contributed by atoms with van der Waals surface area (Å²) in [5.41, 5.74) is 5.06. The van der Waals surface area contributed by atoms with Gasteiger partial charge in [0.1, 0.15) is 5.82 Å². The standard InChI is InChI=1S/C30H30FNO2/c1-2-3-4-5-6-7-9-22-12-14-24(15-13-22)25-16-18-26(19-17-25)29-32-28(30(33)34-29)21-23-10-8-11-27(31)20-23/h8,10-21H,2-7,9H2,1H3. The highest BCUT2D eigenvalue weighted by Gasteiger charge is 2.24. The molecule has 3 aromatic carbocycles. The first-order valence-corrected chi connectivity index (χ1v) is 12.1. The number of benzene rings is 3. The monoisotopic (exact) mass is 455 g/mol. The van der Waals surface area contributed by atoms with Gasteiger partial charge in [-0.15, -0.1) is 0 Å². The number of hydrogen-bond acceptors (Lipinski definition) is 3. The molecule has 0 saturated carbocycles. The number of aliphatic imine (C=N–C) groups is 1. The van der Waals surface area contributed by atoms with Crippen molar-refractivity contribution >= 4 is 17.9 Å². The van der Waals surface area contributed by atoms with E-state index in [9.17, 15) is 9.18 Å². The lowest BCUT2D eigenvalue weighted by Crippen LogP contribution is -2.05. The molecule has 4 heteroatoms. The molecule has 34 heavy (non-hydrogen) atoms. The minimum absolute atomic E-state index is 0.158. The highest BCUT2D eigenvalue weighted by atomic mass is 19.1. The lowest BCUT2D eigenvalue weighted by molar-refractivity contribution is -0.129. The van der Waals surface area contributed by atoms with Gasteiger partial charge in [-0.3, -0.25) is 0 Å². The van der Waals surface area contributed by atoms with E-state index in [2.05, 4.69) is 36.2 Å². The molecule has 174 valence electrons. The number of aryl methyl sites for hydroxylation is 1. The fourth-order valence-electron chi connectivity index (χ4n) is 4.07. The van der Waals surface area contributed by atoms with Gasteiger partial charge in [-0.1, -0.05) is 87.6 Å². The minimum atomic E-state index is -0.538. The van der Waals surface area contributed by atoms with Gasteiger partial charge >= 0.3 is 5.97 Å². The van der Waals surface area contributed by atoms with Crippen molar-refractivity contribution in [2.75, 3.05) is 0 Å². The second-order valence-corrected chi connectivity index (χ2v) is 8.68. The Morgan fingerprint density at radius 2 is 1.47 bits per heavy atom. The number of hydrogen-bond donors (Lipinski definition) is 0. The summed E-state index contributed by atoms with van der Waals surface area (Å²) in [5, 5.41) is 0. The molecule has 0 amide bonds. The minimum Gasteiger partial charge on any atom is -0.402 e. The highest BCUT2D eigenvalue weighted by molar-refractivity contribution is 6.12. The van der Waals surface area contributed by atoms with Crippen LogP contribution in [0.25, 0.3) is 17.2 Å². The first kappa shape index (κ1) is 23.6. The summed E-state index contributed by atoms with van der Waals surface area (Å²) >= 11 is 0. The van der Waals surface area contributed by atoms with Crippen LogP contribution in [0.1, 0.15) is 62.1 Å². The molecule has 0 atom stereocenters. The van der Waals surface area contributed by atoms with Gasteiger partial charge < -0.3 is 4.74 Å². The Kier molecular flexibility index (Phi) is 8.03. The number of halogens is 1. The second kappa shape index (κ2) is 11.6. The van der Waals surface area contributed by atoms with Crippen LogP contribution in [-0.2, 0) is 16.0 Å². The molecule has 0 bridgehead atoms. The number of carbonyl (C=O) groups excluding carboxylic acids is 1. The van der Waals surface area contributed by atoms with E-state index in [1.807, 2.05) is 24.3 Å². The molecule has 0 fully saturated rings. The summed E-state index contributed by atoms with van der Waals surface area (Å²) in [6.45, 7) is 2.25. The van der Waals surface area contributed by atoms with Gasteiger partial charge in [0.2, 0.25) is 5.90 Å². The van der Waals surface area contributed by atoms with Crippen molar-refractivity contribution in [2.45, 2.75) is 51.9 Å². The SMILES string of the molecule is CCCCCCCCc1ccc(-c2ccc(C3=NC(=Cc4cccc(F)c4)C(=O)O3)cc2)cc1. The zero-order chi connectivity index (χ0) is 23.8. The van der Waals surface area contributed by atoms with Crippen LogP contribution in [0.4, 0.5) is 4.39 Å². The molecule has 0 spiro atoms. The Morgan fingerprint density at radius 1 is 0.824 bits per heavy atom. The van der Waals surface area contributed by atoms with Crippen molar-refractivity contribution in [3.63, 3.8) is 0 Å². The van der Waals surface area contributed by atoms with E-state index in [-0.39, 0.29) is 17.4 Å². The Labute approximate surface area is 201 Å². The Morgan fingerprint density at radius 3 is 2.18 bits per heavy atom. The molecule has 1 aliphatic heterocycles.